The number of aromatic nitrogens is 2. The molecule has 27 heavy (non-hydrogen) atoms. The van der Waals surface area contributed by atoms with Gasteiger partial charge in [-0.1, -0.05) is 48.5 Å². The zero-order valence-electron chi connectivity index (χ0n) is 15.4. The van der Waals surface area contributed by atoms with E-state index in [1.165, 1.54) is 11.1 Å². The third-order valence-electron chi connectivity index (χ3n) is 4.84. The molecule has 0 unspecified atom stereocenters. The van der Waals surface area contributed by atoms with Gasteiger partial charge in [-0.05, 0) is 30.0 Å². The van der Waals surface area contributed by atoms with Crippen molar-refractivity contribution in [2.75, 3.05) is 23.4 Å². The average Bonchev–Trinajstić information content (AvgIpc) is 2.73. The van der Waals surface area contributed by atoms with Gasteiger partial charge in [0.1, 0.15) is 0 Å². The van der Waals surface area contributed by atoms with Gasteiger partial charge in [0.15, 0.2) is 0 Å². The Morgan fingerprint density at radius 3 is 2.52 bits per heavy atom. The maximum atomic E-state index is 13.0. The summed E-state index contributed by atoms with van der Waals surface area (Å²) in [6.45, 7) is 1.44. The summed E-state index contributed by atoms with van der Waals surface area (Å²) < 4.78 is 0. The molecule has 0 fully saturated rings. The molecule has 5 nitrogen and oxygen atoms in total. The largest absolute Gasteiger partial charge is 0.340 e. The van der Waals surface area contributed by atoms with Crippen molar-refractivity contribution in [3.05, 3.63) is 83.7 Å². The van der Waals surface area contributed by atoms with Crippen LogP contribution < -0.4 is 9.80 Å². The molecule has 1 aliphatic heterocycles. The lowest BCUT2D eigenvalue weighted by Gasteiger charge is -2.29. The molecule has 0 atom stereocenters. The van der Waals surface area contributed by atoms with Crippen LogP contribution in [0.5, 0.6) is 0 Å². The maximum absolute atomic E-state index is 13.0. The summed E-state index contributed by atoms with van der Waals surface area (Å²) >= 11 is 0. The second kappa shape index (κ2) is 7.58. The number of amides is 1. The number of aryl methyl sites for hydroxylation is 1. The van der Waals surface area contributed by atoms with Gasteiger partial charge in [-0.3, -0.25) is 4.79 Å². The van der Waals surface area contributed by atoms with Crippen LogP contribution in [0.2, 0.25) is 0 Å². The van der Waals surface area contributed by atoms with Crippen LogP contribution in [-0.4, -0.2) is 29.5 Å². The molecule has 2 aromatic carbocycles. The zero-order valence-corrected chi connectivity index (χ0v) is 15.4. The molecule has 0 bridgehead atoms. The summed E-state index contributed by atoms with van der Waals surface area (Å²) in [6, 6.07) is 18.3. The number of para-hydroxylation sites is 1. The lowest BCUT2D eigenvalue weighted by Crippen LogP contribution is -2.35. The highest BCUT2D eigenvalue weighted by atomic mass is 16.2. The Morgan fingerprint density at radius 1 is 1.04 bits per heavy atom. The van der Waals surface area contributed by atoms with E-state index in [4.69, 9.17) is 0 Å². The summed E-state index contributed by atoms with van der Waals surface area (Å²) in [5.41, 5.74) is 3.92. The van der Waals surface area contributed by atoms with Gasteiger partial charge in [-0.25, -0.2) is 9.97 Å². The molecular formula is C22H22N4O. The molecule has 136 valence electrons. The molecule has 0 saturated carbocycles. The van der Waals surface area contributed by atoms with Crippen molar-refractivity contribution in [2.24, 2.45) is 0 Å². The Balaban J connectivity index is 1.50. The van der Waals surface area contributed by atoms with Gasteiger partial charge < -0.3 is 9.80 Å². The Morgan fingerprint density at radius 2 is 1.74 bits per heavy atom. The predicted molar refractivity (Wildman–Crippen MR) is 107 cm³/mol. The molecule has 0 saturated heterocycles. The van der Waals surface area contributed by atoms with E-state index in [0.29, 0.717) is 18.1 Å². The number of carbonyl (C=O) groups is 1. The first-order chi connectivity index (χ1) is 13.2. The Kier molecular flexibility index (Phi) is 4.83. The first-order valence-corrected chi connectivity index (χ1v) is 9.19. The zero-order chi connectivity index (χ0) is 18.6. The SMILES string of the molecule is CN(Cc1ccccc1)c1ncc(C(=O)N2CCCc3ccccc32)cn1. The van der Waals surface area contributed by atoms with Crippen molar-refractivity contribution in [1.82, 2.24) is 9.97 Å². The number of hydrogen-bond acceptors (Lipinski definition) is 4. The van der Waals surface area contributed by atoms with Crippen molar-refractivity contribution in [2.45, 2.75) is 19.4 Å². The number of hydrogen-bond donors (Lipinski definition) is 0. The van der Waals surface area contributed by atoms with Gasteiger partial charge in [-0.2, -0.15) is 0 Å². The Labute approximate surface area is 159 Å². The first kappa shape index (κ1) is 17.2. The Hall–Kier alpha value is -3.21. The number of rotatable bonds is 4. The fourth-order valence-electron chi connectivity index (χ4n) is 3.46. The highest BCUT2D eigenvalue weighted by Gasteiger charge is 2.23. The normalized spacial score (nSPS) is 13.1. The van der Waals surface area contributed by atoms with Crippen LogP contribution in [0.15, 0.2) is 67.0 Å². The fraction of sp³-hybridized carbons (Fsp3) is 0.227. The summed E-state index contributed by atoms with van der Waals surface area (Å²) in [5.74, 6) is 0.564. The summed E-state index contributed by atoms with van der Waals surface area (Å²) in [7, 11) is 1.95. The third-order valence-corrected chi connectivity index (χ3v) is 4.84. The lowest BCUT2D eigenvalue weighted by atomic mass is 10.0. The van der Waals surface area contributed by atoms with Crippen LogP contribution in [0.1, 0.15) is 27.9 Å². The standard InChI is InChI=1S/C22H22N4O/c1-25(16-17-8-3-2-4-9-17)22-23-14-19(15-24-22)21(27)26-13-7-11-18-10-5-6-12-20(18)26/h2-6,8-10,12,14-15H,7,11,13,16H2,1H3. The van der Waals surface area contributed by atoms with Crippen LogP contribution in [0, 0.1) is 0 Å². The van der Waals surface area contributed by atoms with E-state index in [0.717, 1.165) is 25.1 Å². The summed E-state index contributed by atoms with van der Waals surface area (Å²) in [4.78, 5) is 25.6. The van der Waals surface area contributed by atoms with E-state index in [1.807, 2.05) is 53.2 Å². The van der Waals surface area contributed by atoms with E-state index < -0.39 is 0 Å². The molecule has 0 aliphatic carbocycles. The summed E-state index contributed by atoms with van der Waals surface area (Å²) in [6.07, 6.45) is 5.24. The number of fused-ring (bicyclic) bond motifs is 1. The van der Waals surface area contributed by atoms with Gasteiger partial charge in [-0.15, -0.1) is 0 Å². The quantitative estimate of drug-likeness (QED) is 0.713. The van der Waals surface area contributed by atoms with Crippen molar-refractivity contribution in [3.8, 4) is 0 Å². The third kappa shape index (κ3) is 3.67. The highest BCUT2D eigenvalue weighted by Crippen LogP contribution is 2.28. The minimum atomic E-state index is -0.0422. The summed E-state index contributed by atoms with van der Waals surface area (Å²) in [5, 5.41) is 0. The smallest absolute Gasteiger partial charge is 0.261 e. The fourth-order valence-corrected chi connectivity index (χ4v) is 3.46. The van der Waals surface area contributed by atoms with Crippen molar-refractivity contribution in [1.29, 1.82) is 0 Å². The van der Waals surface area contributed by atoms with Gasteiger partial charge in [0.05, 0.1) is 5.56 Å². The predicted octanol–water partition coefficient (Wildman–Crippen LogP) is 3.71. The Bertz CT molecular complexity index is 925. The van der Waals surface area contributed by atoms with Crippen molar-refractivity contribution < 1.29 is 4.79 Å². The van der Waals surface area contributed by atoms with E-state index in [2.05, 4.69) is 28.2 Å². The maximum Gasteiger partial charge on any atom is 0.261 e. The molecule has 4 rings (SSSR count). The van der Waals surface area contributed by atoms with E-state index in [9.17, 15) is 4.79 Å². The van der Waals surface area contributed by atoms with Gasteiger partial charge in [0, 0.05) is 38.2 Å². The van der Waals surface area contributed by atoms with Gasteiger partial charge in [0.2, 0.25) is 5.95 Å². The molecule has 0 spiro atoms. The lowest BCUT2D eigenvalue weighted by molar-refractivity contribution is 0.0984. The molecule has 1 aromatic heterocycles. The average molecular weight is 358 g/mol. The molecule has 0 N–H and O–H groups in total. The van der Waals surface area contributed by atoms with Gasteiger partial charge in [0.25, 0.3) is 5.91 Å². The topological polar surface area (TPSA) is 49.3 Å². The highest BCUT2D eigenvalue weighted by molar-refractivity contribution is 6.06. The molecular weight excluding hydrogens is 336 g/mol. The first-order valence-electron chi connectivity index (χ1n) is 9.19. The molecule has 3 aromatic rings. The number of nitrogens with zero attached hydrogens (tertiary/aromatic N) is 4. The number of anilines is 2. The van der Waals surface area contributed by atoms with E-state index in [-0.39, 0.29) is 5.91 Å². The molecule has 2 heterocycles. The monoisotopic (exact) mass is 358 g/mol. The van der Waals surface area contributed by atoms with Crippen LogP contribution >= 0.6 is 0 Å². The number of benzene rings is 2. The second-order valence-corrected chi connectivity index (χ2v) is 6.80. The molecule has 5 heteroatoms. The molecule has 1 amide bonds. The molecule has 1 aliphatic rings. The van der Waals surface area contributed by atoms with Gasteiger partial charge >= 0.3 is 0 Å². The van der Waals surface area contributed by atoms with E-state index in [1.54, 1.807) is 12.4 Å². The van der Waals surface area contributed by atoms with Crippen LogP contribution in [0.25, 0.3) is 0 Å². The minimum absolute atomic E-state index is 0.0422. The second-order valence-electron chi connectivity index (χ2n) is 6.80. The van der Waals surface area contributed by atoms with E-state index >= 15 is 0 Å². The molecule has 0 radical (unpaired) electrons. The van der Waals surface area contributed by atoms with Crippen LogP contribution in [0.4, 0.5) is 11.6 Å². The minimum Gasteiger partial charge on any atom is -0.340 e. The van der Waals surface area contributed by atoms with Crippen LogP contribution in [-0.2, 0) is 13.0 Å². The van der Waals surface area contributed by atoms with Crippen molar-refractivity contribution in [3.63, 3.8) is 0 Å². The van der Waals surface area contributed by atoms with Crippen molar-refractivity contribution >= 4 is 17.5 Å². The number of carbonyl (C=O) groups excluding carboxylic acids is 1. The van der Waals surface area contributed by atoms with Crippen LogP contribution in [0.3, 0.4) is 0 Å².